The normalized spacial score (nSPS) is 36.2. The molecule has 0 aromatic rings. The Morgan fingerprint density at radius 1 is 0.500 bits per heavy atom. The zero-order valence-electron chi connectivity index (χ0n) is 17.2. The summed E-state index contributed by atoms with van der Waals surface area (Å²) >= 11 is 0. The lowest BCUT2D eigenvalue weighted by atomic mass is 10.1. The van der Waals surface area contributed by atoms with E-state index in [1.807, 2.05) is 0 Å². The van der Waals surface area contributed by atoms with Gasteiger partial charge in [0.15, 0.2) is 0 Å². The number of hydrogen-bond donors (Lipinski definition) is 0. The van der Waals surface area contributed by atoms with Crippen LogP contribution < -0.4 is 0 Å². The molecular weight excluding hydrogens is 400 g/mol. The quantitative estimate of drug-likeness (QED) is 0.240. The highest BCUT2D eigenvalue weighted by Crippen LogP contribution is 2.22. The zero-order valence-corrected chi connectivity index (χ0v) is 17.2. The van der Waals surface area contributed by atoms with E-state index >= 15 is 0 Å². The highest BCUT2D eigenvalue weighted by molar-refractivity contribution is 4.85. The average Bonchev–Trinajstić information content (AvgIpc) is 3.54. The lowest BCUT2D eigenvalue weighted by Gasteiger charge is -2.33. The molecule has 0 aromatic heterocycles. The minimum atomic E-state index is -0.369. The maximum absolute atomic E-state index is 6.26. The Hall–Kier alpha value is -0.400. The molecule has 0 bridgehead atoms. The highest BCUT2D eigenvalue weighted by Gasteiger charge is 2.38. The van der Waals surface area contributed by atoms with Gasteiger partial charge in [0.25, 0.3) is 0 Å². The molecule has 5 fully saturated rings. The second-order valence-electron chi connectivity index (χ2n) is 8.39. The molecule has 5 rings (SSSR count). The van der Waals surface area contributed by atoms with Gasteiger partial charge in [-0.25, -0.2) is 0 Å². The van der Waals surface area contributed by atoms with E-state index in [4.69, 9.17) is 47.4 Å². The highest BCUT2D eigenvalue weighted by atomic mass is 16.7. The monoisotopic (exact) mass is 432 g/mol. The van der Waals surface area contributed by atoms with E-state index in [0.717, 1.165) is 33.0 Å². The van der Waals surface area contributed by atoms with E-state index in [9.17, 15) is 0 Å². The van der Waals surface area contributed by atoms with Crippen molar-refractivity contribution in [3.63, 3.8) is 0 Å². The molecule has 5 heterocycles. The lowest BCUT2D eigenvalue weighted by molar-refractivity contribution is -0.173. The molecule has 5 aliphatic heterocycles. The van der Waals surface area contributed by atoms with Crippen LogP contribution in [0.15, 0.2) is 0 Å². The minimum Gasteiger partial charge on any atom is -0.376 e. The van der Waals surface area contributed by atoms with Gasteiger partial charge in [0.05, 0.1) is 79.3 Å². The van der Waals surface area contributed by atoms with E-state index in [1.165, 1.54) is 0 Å². The van der Waals surface area contributed by atoms with Gasteiger partial charge in [0.2, 0.25) is 0 Å². The summed E-state index contributed by atoms with van der Waals surface area (Å²) in [6.07, 6.45) is -0.199. The standard InChI is InChI=1S/C20H32O10/c1(13-3-23-13)21-11-18(28-8-15-5-25-15)20(30-10-17-7-27-17)19(29-9-16-6-26-16)12-22-2-14-4-24-14/h13-20H,1-12H2/t13?,14?,15?,16?,17?,18-,19+,20+. The maximum Gasteiger partial charge on any atom is 0.114 e. The second-order valence-corrected chi connectivity index (χ2v) is 8.39. The van der Waals surface area contributed by atoms with Crippen molar-refractivity contribution in [2.45, 2.75) is 48.8 Å². The third-order valence-electron chi connectivity index (χ3n) is 5.38. The Balaban J connectivity index is 1.20. The van der Waals surface area contributed by atoms with Gasteiger partial charge in [0, 0.05) is 0 Å². The van der Waals surface area contributed by atoms with Gasteiger partial charge < -0.3 is 47.4 Å². The molecule has 0 aromatic carbocycles. The van der Waals surface area contributed by atoms with Crippen LogP contribution in [0, 0.1) is 0 Å². The SMILES string of the molecule is C(OC[C@H](OCC1CO1)[C@@H](OCC1CO1)[C@@H](COCC1CO1)OCC1CO1)C1CO1. The van der Waals surface area contributed by atoms with Gasteiger partial charge in [-0.3, -0.25) is 0 Å². The fourth-order valence-electron chi connectivity index (χ4n) is 3.06. The first-order valence-electron chi connectivity index (χ1n) is 10.9. The van der Waals surface area contributed by atoms with Crippen molar-refractivity contribution in [2.75, 3.05) is 79.3 Å². The molecule has 0 saturated carbocycles. The summed E-state index contributed by atoms with van der Waals surface area (Å²) < 4.78 is 56.8. The van der Waals surface area contributed by atoms with Crippen molar-refractivity contribution in [2.24, 2.45) is 0 Å². The molecule has 5 unspecified atom stereocenters. The van der Waals surface area contributed by atoms with Gasteiger partial charge in [-0.15, -0.1) is 0 Å². The van der Waals surface area contributed by atoms with Crippen LogP contribution in [0.1, 0.15) is 0 Å². The molecule has 10 heteroatoms. The van der Waals surface area contributed by atoms with Crippen molar-refractivity contribution in [1.82, 2.24) is 0 Å². The minimum absolute atomic E-state index is 0.133. The molecule has 10 nitrogen and oxygen atoms in total. The second kappa shape index (κ2) is 10.5. The fourth-order valence-corrected chi connectivity index (χ4v) is 3.06. The zero-order chi connectivity index (χ0) is 20.2. The molecule has 172 valence electrons. The van der Waals surface area contributed by atoms with Gasteiger partial charge in [-0.1, -0.05) is 0 Å². The number of rotatable bonds is 19. The van der Waals surface area contributed by atoms with Gasteiger partial charge in [0.1, 0.15) is 48.8 Å². The molecule has 8 atom stereocenters. The Bertz CT molecular complexity index is 478. The first-order chi connectivity index (χ1) is 14.8. The Labute approximate surface area is 176 Å². The molecule has 0 radical (unpaired) electrons. The Morgan fingerprint density at radius 2 is 0.833 bits per heavy atom. The molecule has 0 amide bonds. The third-order valence-corrected chi connectivity index (χ3v) is 5.38. The summed E-state index contributed by atoms with van der Waals surface area (Å²) in [4.78, 5) is 0. The summed E-state index contributed by atoms with van der Waals surface area (Å²) in [5.74, 6) is 0. The molecule has 30 heavy (non-hydrogen) atoms. The molecule has 0 aliphatic carbocycles. The van der Waals surface area contributed by atoms with Gasteiger partial charge in [-0.2, -0.15) is 0 Å². The third kappa shape index (κ3) is 7.94. The van der Waals surface area contributed by atoms with Crippen LogP contribution in [0.4, 0.5) is 0 Å². The van der Waals surface area contributed by atoms with Crippen LogP contribution in [-0.4, -0.2) is 128 Å². The summed E-state index contributed by atoms with van der Waals surface area (Å²) in [5, 5.41) is 0. The maximum atomic E-state index is 6.26. The smallest absolute Gasteiger partial charge is 0.114 e. The first kappa shape index (κ1) is 21.4. The largest absolute Gasteiger partial charge is 0.376 e. The van der Waals surface area contributed by atoms with Gasteiger partial charge in [-0.05, 0) is 0 Å². The van der Waals surface area contributed by atoms with Crippen LogP contribution in [0.5, 0.6) is 0 Å². The molecular formula is C20H32O10. The first-order valence-corrected chi connectivity index (χ1v) is 10.9. The molecule has 0 spiro atoms. The topological polar surface area (TPSA) is 109 Å². The number of ether oxygens (including phenoxy) is 10. The predicted molar refractivity (Wildman–Crippen MR) is 99.6 cm³/mol. The van der Waals surface area contributed by atoms with Crippen molar-refractivity contribution in [1.29, 1.82) is 0 Å². The molecule has 5 aliphatic rings. The predicted octanol–water partition coefficient (Wildman–Crippen LogP) is -0.831. The van der Waals surface area contributed by atoms with E-state index in [2.05, 4.69) is 0 Å². The van der Waals surface area contributed by atoms with Crippen LogP contribution in [0.2, 0.25) is 0 Å². The van der Waals surface area contributed by atoms with Crippen molar-refractivity contribution in [3.8, 4) is 0 Å². The van der Waals surface area contributed by atoms with E-state index in [0.29, 0.717) is 46.2 Å². The Kier molecular flexibility index (Phi) is 7.49. The van der Waals surface area contributed by atoms with Crippen molar-refractivity contribution >= 4 is 0 Å². The van der Waals surface area contributed by atoms with E-state index in [1.54, 1.807) is 0 Å². The summed E-state index contributed by atoms with van der Waals surface area (Å²) in [6, 6.07) is 0. The summed E-state index contributed by atoms with van der Waals surface area (Å²) in [5.41, 5.74) is 0. The average molecular weight is 432 g/mol. The van der Waals surface area contributed by atoms with E-state index in [-0.39, 0.29) is 48.8 Å². The van der Waals surface area contributed by atoms with Gasteiger partial charge >= 0.3 is 0 Å². The summed E-state index contributed by atoms with van der Waals surface area (Å²) in [7, 11) is 0. The molecule has 0 N–H and O–H groups in total. The van der Waals surface area contributed by atoms with Crippen LogP contribution >= 0.6 is 0 Å². The van der Waals surface area contributed by atoms with Crippen LogP contribution in [0.25, 0.3) is 0 Å². The number of epoxide rings is 5. The van der Waals surface area contributed by atoms with Crippen molar-refractivity contribution in [3.05, 3.63) is 0 Å². The fraction of sp³-hybridized carbons (Fsp3) is 1.00. The lowest BCUT2D eigenvalue weighted by Crippen LogP contribution is -2.48. The summed E-state index contributed by atoms with van der Waals surface area (Å²) in [6.45, 7) is 7.05. The van der Waals surface area contributed by atoms with Crippen LogP contribution in [0.3, 0.4) is 0 Å². The van der Waals surface area contributed by atoms with E-state index < -0.39 is 0 Å². The number of hydrogen-bond acceptors (Lipinski definition) is 10. The van der Waals surface area contributed by atoms with Crippen molar-refractivity contribution < 1.29 is 47.4 Å². The van der Waals surface area contributed by atoms with Crippen LogP contribution in [-0.2, 0) is 47.4 Å². The molecule has 5 saturated heterocycles. The Morgan fingerprint density at radius 3 is 1.20 bits per heavy atom.